The van der Waals surface area contributed by atoms with Gasteiger partial charge in [-0.05, 0) is 66.8 Å². The Balaban J connectivity index is 1.36. The van der Waals surface area contributed by atoms with Crippen LogP contribution >= 0.6 is 0 Å². The first-order valence-electron chi connectivity index (χ1n) is 12.9. The molecule has 5 heteroatoms. The van der Waals surface area contributed by atoms with Crippen molar-refractivity contribution in [1.29, 1.82) is 0 Å². The average molecular weight is 492 g/mol. The highest BCUT2D eigenvalue weighted by Gasteiger charge is 2.29. The van der Waals surface area contributed by atoms with Crippen molar-refractivity contribution >= 4 is 5.91 Å². The summed E-state index contributed by atoms with van der Waals surface area (Å²) in [5.41, 5.74) is 7.22. The van der Waals surface area contributed by atoms with Crippen molar-refractivity contribution < 1.29 is 9.53 Å². The van der Waals surface area contributed by atoms with E-state index in [9.17, 15) is 4.79 Å². The highest BCUT2D eigenvalue weighted by molar-refractivity contribution is 5.80. The van der Waals surface area contributed by atoms with Gasteiger partial charge < -0.3 is 10.1 Å². The molecule has 1 aliphatic rings. The number of pyridine rings is 1. The summed E-state index contributed by atoms with van der Waals surface area (Å²) in [5, 5.41) is 2.92. The van der Waals surface area contributed by atoms with Crippen LogP contribution in [0.25, 0.3) is 0 Å². The molecule has 5 rings (SSSR count). The van der Waals surface area contributed by atoms with E-state index in [2.05, 4.69) is 88.9 Å². The largest absolute Gasteiger partial charge is 0.481 e. The Kier molecular flexibility index (Phi) is 7.62. The lowest BCUT2D eigenvalue weighted by atomic mass is 9.87. The first kappa shape index (κ1) is 24.7. The number of rotatable bonds is 8. The third-order valence-electron chi connectivity index (χ3n) is 6.92. The quantitative estimate of drug-likeness (QED) is 0.348. The van der Waals surface area contributed by atoms with Gasteiger partial charge in [0.05, 0.1) is 18.3 Å². The van der Waals surface area contributed by atoms with Crippen LogP contribution in [0.15, 0.2) is 97.2 Å². The van der Waals surface area contributed by atoms with Crippen LogP contribution in [0.3, 0.4) is 0 Å². The Bertz CT molecular complexity index is 1320. The highest BCUT2D eigenvalue weighted by atomic mass is 16.5. The first-order chi connectivity index (χ1) is 18.1. The number of aryl methyl sites for hydroxylation is 1. The topological polar surface area (TPSA) is 54.5 Å². The normalized spacial score (nSPS) is 16.0. The molecule has 1 N–H and O–H groups in total. The van der Waals surface area contributed by atoms with Gasteiger partial charge in [-0.3, -0.25) is 14.7 Å². The van der Waals surface area contributed by atoms with Gasteiger partial charge in [0.2, 0.25) is 0 Å². The smallest absolute Gasteiger partial charge is 0.261 e. The summed E-state index contributed by atoms with van der Waals surface area (Å²) in [6.45, 7) is 6.13. The summed E-state index contributed by atoms with van der Waals surface area (Å²) in [4.78, 5) is 19.5. The van der Waals surface area contributed by atoms with Gasteiger partial charge in [-0.25, -0.2) is 0 Å². The molecule has 1 aromatic heterocycles. The molecule has 0 aliphatic carbocycles. The van der Waals surface area contributed by atoms with E-state index < -0.39 is 6.10 Å². The van der Waals surface area contributed by atoms with E-state index in [0.717, 1.165) is 25.2 Å². The molecule has 0 saturated carbocycles. The zero-order valence-corrected chi connectivity index (χ0v) is 21.4. The van der Waals surface area contributed by atoms with Crippen molar-refractivity contribution in [3.63, 3.8) is 0 Å². The third-order valence-corrected chi connectivity index (χ3v) is 6.92. The lowest BCUT2D eigenvalue weighted by Crippen LogP contribution is -2.37. The predicted molar refractivity (Wildman–Crippen MR) is 146 cm³/mol. The Morgan fingerprint density at radius 1 is 1.03 bits per heavy atom. The molecule has 4 aromatic rings. The highest BCUT2D eigenvalue weighted by Crippen LogP contribution is 2.38. The minimum atomic E-state index is -0.621. The lowest BCUT2D eigenvalue weighted by molar-refractivity contribution is -0.127. The Morgan fingerprint density at radius 2 is 1.81 bits per heavy atom. The number of carbonyl (C=O) groups excluding carboxylic acids is 1. The van der Waals surface area contributed by atoms with E-state index in [4.69, 9.17) is 4.74 Å². The van der Waals surface area contributed by atoms with Crippen LogP contribution in [-0.4, -0.2) is 28.4 Å². The number of aromatic nitrogens is 1. The molecule has 3 aromatic carbocycles. The summed E-state index contributed by atoms with van der Waals surface area (Å²) in [7, 11) is 0. The van der Waals surface area contributed by atoms with E-state index in [1.165, 1.54) is 27.8 Å². The number of nitrogens with zero attached hydrogens (tertiary/aromatic N) is 2. The fourth-order valence-electron chi connectivity index (χ4n) is 4.92. The molecule has 5 nitrogen and oxygen atoms in total. The fourth-order valence-corrected chi connectivity index (χ4v) is 4.92. The minimum Gasteiger partial charge on any atom is -0.481 e. The van der Waals surface area contributed by atoms with Gasteiger partial charge in [0.25, 0.3) is 5.91 Å². The van der Waals surface area contributed by atoms with Crippen molar-refractivity contribution in [3.8, 4) is 5.75 Å². The number of hydrogen-bond donors (Lipinski definition) is 1. The van der Waals surface area contributed by atoms with Gasteiger partial charge in [0, 0.05) is 19.3 Å². The number of amides is 1. The second-order valence-electron chi connectivity index (χ2n) is 9.68. The fraction of sp³-hybridized carbons (Fsp3) is 0.250. The summed E-state index contributed by atoms with van der Waals surface area (Å²) in [6, 6.07) is 31.5. The molecule has 0 bridgehead atoms. The van der Waals surface area contributed by atoms with Gasteiger partial charge in [0.1, 0.15) is 5.75 Å². The summed E-state index contributed by atoms with van der Waals surface area (Å²) in [5.74, 6) is 0.543. The number of hydrogen-bond acceptors (Lipinski definition) is 4. The molecule has 0 fully saturated rings. The van der Waals surface area contributed by atoms with Crippen LogP contribution < -0.4 is 10.1 Å². The van der Waals surface area contributed by atoms with Crippen molar-refractivity contribution in [1.82, 2.24) is 15.2 Å². The average Bonchev–Trinajstić information content (AvgIpc) is 2.93. The predicted octanol–water partition coefficient (Wildman–Crippen LogP) is 5.62. The van der Waals surface area contributed by atoms with Crippen molar-refractivity contribution in [2.24, 2.45) is 0 Å². The van der Waals surface area contributed by atoms with Gasteiger partial charge in [-0.2, -0.15) is 0 Å². The molecular weight excluding hydrogens is 458 g/mol. The molecule has 1 amide bonds. The molecule has 188 valence electrons. The second kappa shape index (κ2) is 11.4. The molecule has 2 atom stereocenters. The van der Waals surface area contributed by atoms with Gasteiger partial charge in [0.15, 0.2) is 6.10 Å². The van der Waals surface area contributed by atoms with Gasteiger partial charge in [-0.15, -0.1) is 0 Å². The molecule has 0 radical (unpaired) electrons. The number of benzene rings is 3. The number of nitrogens with one attached hydrogen (secondary N) is 1. The van der Waals surface area contributed by atoms with Crippen LogP contribution in [0.2, 0.25) is 0 Å². The second-order valence-corrected chi connectivity index (χ2v) is 9.68. The van der Waals surface area contributed by atoms with E-state index in [1.807, 2.05) is 24.3 Å². The molecule has 0 saturated heterocycles. The van der Waals surface area contributed by atoms with Crippen LogP contribution in [0, 0.1) is 6.92 Å². The summed E-state index contributed by atoms with van der Waals surface area (Å²) < 4.78 is 6.13. The van der Waals surface area contributed by atoms with Crippen LogP contribution in [0.5, 0.6) is 5.75 Å². The SMILES string of the molecule is Cc1ccc(CN2CCc3ccc(OC(C)C(=O)NCc4ccccn4)cc3C2c2ccccc2)cc1. The zero-order valence-electron chi connectivity index (χ0n) is 21.4. The molecule has 37 heavy (non-hydrogen) atoms. The third kappa shape index (κ3) is 6.07. The number of carbonyl (C=O) groups is 1. The standard InChI is InChI=1S/C32H33N3O2/c1-23-11-13-25(14-12-23)22-35-19-17-26-15-16-29(20-30(26)31(35)27-8-4-3-5-9-27)37-24(2)32(36)34-21-28-10-6-7-18-33-28/h3-16,18,20,24,31H,17,19,21-22H2,1-2H3,(H,34,36). The zero-order chi connectivity index (χ0) is 25.6. The Labute approximate surface area is 219 Å². The summed E-state index contributed by atoms with van der Waals surface area (Å²) >= 11 is 0. The minimum absolute atomic E-state index is 0.114. The lowest BCUT2D eigenvalue weighted by Gasteiger charge is -2.38. The maximum atomic E-state index is 12.7. The van der Waals surface area contributed by atoms with Crippen LogP contribution in [-0.2, 0) is 24.3 Å². The van der Waals surface area contributed by atoms with Crippen molar-refractivity contribution in [2.45, 2.75) is 45.5 Å². The van der Waals surface area contributed by atoms with Gasteiger partial charge >= 0.3 is 0 Å². The van der Waals surface area contributed by atoms with Crippen LogP contribution in [0.1, 0.15) is 46.5 Å². The maximum Gasteiger partial charge on any atom is 0.261 e. The van der Waals surface area contributed by atoms with Crippen LogP contribution in [0.4, 0.5) is 0 Å². The van der Waals surface area contributed by atoms with Gasteiger partial charge in [-0.1, -0.05) is 72.3 Å². The Hall–Kier alpha value is -3.96. The van der Waals surface area contributed by atoms with E-state index in [-0.39, 0.29) is 11.9 Å². The molecular formula is C32H33N3O2. The van der Waals surface area contributed by atoms with Crippen molar-refractivity contribution in [3.05, 3.63) is 131 Å². The summed E-state index contributed by atoms with van der Waals surface area (Å²) in [6.07, 6.45) is 2.08. The van der Waals surface area contributed by atoms with Crippen molar-refractivity contribution in [2.75, 3.05) is 6.54 Å². The molecule has 1 aliphatic heterocycles. The number of ether oxygens (including phenoxy) is 1. The molecule has 2 unspecified atom stereocenters. The van der Waals surface area contributed by atoms with E-state index >= 15 is 0 Å². The molecule has 2 heterocycles. The maximum absolute atomic E-state index is 12.7. The van der Waals surface area contributed by atoms with E-state index in [1.54, 1.807) is 13.1 Å². The number of fused-ring (bicyclic) bond motifs is 1. The monoisotopic (exact) mass is 491 g/mol. The van der Waals surface area contributed by atoms with E-state index in [0.29, 0.717) is 12.3 Å². The molecule has 0 spiro atoms. The Morgan fingerprint density at radius 3 is 2.57 bits per heavy atom. The first-order valence-corrected chi connectivity index (χ1v) is 12.9.